The summed E-state index contributed by atoms with van der Waals surface area (Å²) in [6.07, 6.45) is 3.90. The minimum atomic E-state index is 0.578. The van der Waals surface area contributed by atoms with Crippen LogP contribution < -0.4 is 5.32 Å². The number of rotatable bonds is 5. The minimum Gasteiger partial charge on any atom is -0.316 e. The van der Waals surface area contributed by atoms with E-state index in [4.69, 9.17) is 0 Å². The smallest absolute Gasteiger partial charge is 0.0390 e. The molecule has 2 unspecified atom stereocenters. The van der Waals surface area contributed by atoms with Crippen molar-refractivity contribution in [1.29, 1.82) is 0 Å². The average molecular weight is 274 g/mol. The van der Waals surface area contributed by atoms with E-state index in [0.717, 1.165) is 19.0 Å². The molecule has 1 fully saturated rings. The van der Waals surface area contributed by atoms with Crippen molar-refractivity contribution in [2.24, 2.45) is 5.92 Å². The van der Waals surface area contributed by atoms with E-state index in [-0.39, 0.29) is 0 Å². The van der Waals surface area contributed by atoms with Crippen molar-refractivity contribution >= 4 is 0 Å². The highest BCUT2D eigenvalue weighted by atomic mass is 15.1. The van der Waals surface area contributed by atoms with E-state index in [9.17, 15) is 0 Å². The fourth-order valence-corrected chi connectivity index (χ4v) is 3.69. The molecule has 2 nitrogen and oxygen atoms in total. The minimum absolute atomic E-state index is 0.578. The summed E-state index contributed by atoms with van der Waals surface area (Å²) in [6, 6.07) is 7.29. The van der Waals surface area contributed by atoms with E-state index in [1.165, 1.54) is 36.9 Å². The third-order valence-corrected chi connectivity index (χ3v) is 4.68. The number of hydrogen-bond donors (Lipinski definition) is 1. The normalized spacial score (nSPS) is 24.0. The zero-order valence-corrected chi connectivity index (χ0v) is 13.6. The highest BCUT2D eigenvalue weighted by Crippen LogP contribution is 2.37. The van der Waals surface area contributed by atoms with Crippen molar-refractivity contribution in [1.82, 2.24) is 10.2 Å². The van der Waals surface area contributed by atoms with Gasteiger partial charge >= 0.3 is 0 Å². The largest absolute Gasteiger partial charge is 0.316 e. The molecule has 0 radical (unpaired) electrons. The van der Waals surface area contributed by atoms with Gasteiger partial charge in [-0.15, -0.1) is 0 Å². The molecule has 1 aliphatic rings. The lowest BCUT2D eigenvalue weighted by Gasteiger charge is -2.41. The molecule has 0 spiro atoms. The first-order chi connectivity index (χ1) is 9.65. The molecule has 0 aliphatic carbocycles. The molecule has 2 atom stereocenters. The molecule has 20 heavy (non-hydrogen) atoms. The Bertz CT molecular complexity index is 407. The Balaban J connectivity index is 2.23. The molecule has 2 rings (SSSR count). The number of nitrogens with zero attached hydrogens (tertiary/aromatic N) is 1. The summed E-state index contributed by atoms with van der Waals surface area (Å²) in [7, 11) is 2.29. The highest BCUT2D eigenvalue weighted by Gasteiger charge is 2.31. The Hall–Kier alpha value is -0.860. The molecule has 1 aliphatic heterocycles. The van der Waals surface area contributed by atoms with Gasteiger partial charge in [-0.2, -0.15) is 0 Å². The Kier molecular flexibility index (Phi) is 5.62. The molecule has 1 N–H and O–H groups in total. The maximum atomic E-state index is 3.64. The lowest BCUT2D eigenvalue weighted by Crippen LogP contribution is -2.41. The number of piperidine rings is 1. The SMILES string of the molecule is CCCNCC1CCCN(C)C1c1c(C)cccc1C. The first-order valence-electron chi connectivity index (χ1n) is 8.12. The van der Waals surface area contributed by atoms with E-state index < -0.39 is 0 Å². The van der Waals surface area contributed by atoms with Crippen molar-refractivity contribution in [2.75, 3.05) is 26.7 Å². The van der Waals surface area contributed by atoms with Crippen LogP contribution in [0.2, 0.25) is 0 Å². The van der Waals surface area contributed by atoms with Crippen LogP contribution in [-0.2, 0) is 0 Å². The molecule has 112 valence electrons. The van der Waals surface area contributed by atoms with E-state index in [2.05, 4.69) is 56.2 Å². The van der Waals surface area contributed by atoms with Crippen LogP contribution in [0, 0.1) is 19.8 Å². The van der Waals surface area contributed by atoms with Gasteiger partial charge in [0, 0.05) is 6.04 Å². The number of benzene rings is 1. The second-order valence-electron chi connectivity index (χ2n) is 6.34. The van der Waals surface area contributed by atoms with Crippen molar-refractivity contribution in [2.45, 2.75) is 46.1 Å². The van der Waals surface area contributed by atoms with Crippen molar-refractivity contribution in [3.8, 4) is 0 Å². The van der Waals surface area contributed by atoms with Gasteiger partial charge in [0.05, 0.1) is 0 Å². The third kappa shape index (κ3) is 3.42. The summed E-state index contributed by atoms with van der Waals surface area (Å²) in [5, 5.41) is 3.64. The van der Waals surface area contributed by atoms with Gasteiger partial charge in [-0.05, 0) is 82.4 Å². The quantitative estimate of drug-likeness (QED) is 0.824. The molecule has 0 saturated carbocycles. The molecular formula is C18H30N2. The van der Waals surface area contributed by atoms with Crippen LogP contribution in [0.3, 0.4) is 0 Å². The second kappa shape index (κ2) is 7.24. The molecule has 0 aromatic heterocycles. The predicted octanol–water partition coefficient (Wildman–Crippen LogP) is 3.69. The van der Waals surface area contributed by atoms with Gasteiger partial charge in [0.15, 0.2) is 0 Å². The van der Waals surface area contributed by atoms with Gasteiger partial charge in [-0.1, -0.05) is 25.1 Å². The number of likely N-dealkylation sites (tertiary alicyclic amines) is 1. The summed E-state index contributed by atoms with van der Waals surface area (Å²) in [6.45, 7) is 10.3. The lowest BCUT2D eigenvalue weighted by molar-refractivity contribution is 0.118. The Labute approximate surface area is 124 Å². The third-order valence-electron chi connectivity index (χ3n) is 4.68. The summed E-state index contributed by atoms with van der Waals surface area (Å²) < 4.78 is 0. The van der Waals surface area contributed by atoms with Crippen molar-refractivity contribution in [3.63, 3.8) is 0 Å². The lowest BCUT2D eigenvalue weighted by atomic mass is 9.81. The van der Waals surface area contributed by atoms with Gasteiger partial charge < -0.3 is 5.32 Å². The first-order valence-corrected chi connectivity index (χ1v) is 8.12. The Morgan fingerprint density at radius 2 is 1.95 bits per heavy atom. The van der Waals surface area contributed by atoms with Gasteiger partial charge in [-0.3, -0.25) is 4.90 Å². The molecule has 0 amide bonds. The molecule has 0 bridgehead atoms. The number of hydrogen-bond acceptors (Lipinski definition) is 2. The maximum absolute atomic E-state index is 3.64. The second-order valence-corrected chi connectivity index (χ2v) is 6.34. The molecule has 1 heterocycles. The van der Waals surface area contributed by atoms with Gasteiger partial charge in [0.2, 0.25) is 0 Å². The van der Waals surface area contributed by atoms with Gasteiger partial charge in [0.1, 0.15) is 0 Å². The van der Waals surface area contributed by atoms with Crippen LogP contribution >= 0.6 is 0 Å². The van der Waals surface area contributed by atoms with Gasteiger partial charge in [-0.25, -0.2) is 0 Å². The molecule has 1 aromatic rings. The fourth-order valence-electron chi connectivity index (χ4n) is 3.69. The standard InChI is InChI=1S/C18H30N2/c1-5-11-19-13-16-10-7-12-20(4)18(16)17-14(2)8-6-9-15(17)3/h6,8-9,16,18-19H,5,7,10-13H2,1-4H3. The fraction of sp³-hybridized carbons (Fsp3) is 0.667. The van der Waals surface area contributed by atoms with Crippen LogP contribution in [0.1, 0.15) is 48.9 Å². The van der Waals surface area contributed by atoms with Crippen LogP contribution in [0.4, 0.5) is 0 Å². The maximum Gasteiger partial charge on any atom is 0.0390 e. The van der Waals surface area contributed by atoms with E-state index in [1.54, 1.807) is 5.56 Å². The van der Waals surface area contributed by atoms with Crippen LogP contribution in [-0.4, -0.2) is 31.6 Å². The van der Waals surface area contributed by atoms with Gasteiger partial charge in [0.25, 0.3) is 0 Å². The Morgan fingerprint density at radius 3 is 2.60 bits per heavy atom. The van der Waals surface area contributed by atoms with Crippen LogP contribution in [0.15, 0.2) is 18.2 Å². The van der Waals surface area contributed by atoms with Crippen LogP contribution in [0.25, 0.3) is 0 Å². The number of aryl methyl sites for hydroxylation is 2. The van der Waals surface area contributed by atoms with E-state index >= 15 is 0 Å². The molecule has 1 saturated heterocycles. The topological polar surface area (TPSA) is 15.3 Å². The average Bonchev–Trinajstić information content (AvgIpc) is 2.41. The summed E-state index contributed by atoms with van der Waals surface area (Å²) >= 11 is 0. The molecular weight excluding hydrogens is 244 g/mol. The Morgan fingerprint density at radius 1 is 1.25 bits per heavy atom. The summed E-state index contributed by atoms with van der Waals surface area (Å²) in [5.41, 5.74) is 4.46. The zero-order valence-electron chi connectivity index (χ0n) is 13.6. The monoisotopic (exact) mass is 274 g/mol. The first kappa shape index (κ1) is 15.5. The predicted molar refractivity (Wildman–Crippen MR) is 87.2 cm³/mol. The number of nitrogens with one attached hydrogen (secondary N) is 1. The molecule has 2 heteroatoms. The summed E-state index contributed by atoms with van der Waals surface area (Å²) in [5.74, 6) is 0.736. The van der Waals surface area contributed by atoms with Crippen molar-refractivity contribution in [3.05, 3.63) is 34.9 Å². The van der Waals surface area contributed by atoms with Crippen LogP contribution in [0.5, 0.6) is 0 Å². The highest BCUT2D eigenvalue weighted by molar-refractivity contribution is 5.37. The van der Waals surface area contributed by atoms with Crippen molar-refractivity contribution < 1.29 is 0 Å². The molecule has 1 aromatic carbocycles. The zero-order chi connectivity index (χ0) is 14.5. The summed E-state index contributed by atoms with van der Waals surface area (Å²) in [4.78, 5) is 2.57. The van der Waals surface area contributed by atoms with E-state index in [1.807, 2.05) is 0 Å². The van der Waals surface area contributed by atoms with E-state index in [0.29, 0.717) is 6.04 Å².